The van der Waals surface area contributed by atoms with Crippen LogP contribution in [0.5, 0.6) is 0 Å². The van der Waals surface area contributed by atoms with Crippen LogP contribution >= 0.6 is 11.6 Å². The van der Waals surface area contributed by atoms with Crippen molar-refractivity contribution >= 4 is 17.7 Å². The molecular weight excluding hydrogens is 208 g/mol. The summed E-state index contributed by atoms with van der Waals surface area (Å²) in [6.07, 6.45) is 6.70. The lowest BCUT2D eigenvalue weighted by Crippen LogP contribution is -2.13. The van der Waals surface area contributed by atoms with Gasteiger partial charge in [0.15, 0.2) is 0 Å². The van der Waals surface area contributed by atoms with Crippen molar-refractivity contribution in [2.75, 3.05) is 13.2 Å². The first-order chi connectivity index (χ1) is 7.34. The van der Waals surface area contributed by atoms with E-state index in [-0.39, 0.29) is 0 Å². The number of hydrogen-bond acceptors (Lipinski definition) is 1. The second-order valence-electron chi connectivity index (χ2n) is 3.86. The van der Waals surface area contributed by atoms with Crippen molar-refractivity contribution in [3.8, 4) is 0 Å². The molecule has 0 bridgehead atoms. The summed E-state index contributed by atoms with van der Waals surface area (Å²) < 4.78 is 5.32. The fourth-order valence-corrected chi connectivity index (χ4v) is 1.96. The van der Waals surface area contributed by atoms with E-state index in [0.717, 1.165) is 31.1 Å². The maximum absolute atomic E-state index is 5.91. The van der Waals surface area contributed by atoms with E-state index in [0.29, 0.717) is 5.92 Å². The number of rotatable bonds is 2. The van der Waals surface area contributed by atoms with Crippen molar-refractivity contribution in [2.45, 2.75) is 12.8 Å². The highest BCUT2D eigenvalue weighted by Crippen LogP contribution is 2.18. The van der Waals surface area contributed by atoms with Gasteiger partial charge in [-0.3, -0.25) is 0 Å². The Balaban J connectivity index is 1.97. The van der Waals surface area contributed by atoms with E-state index in [4.69, 9.17) is 16.3 Å². The van der Waals surface area contributed by atoms with Crippen LogP contribution in [-0.4, -0.2) is 13.2 Å². The monoisotopic (exact) mass is 222 g/mol. The summed E-state index contributed by atoms with van der Waals surface area (Å²) in [4.78, 5) is 0. The molecule has 0 aromatic heterocycles. The second-order valence-corrected chi connectivity index (χ2v) is 4.30. The first kappa shape index (κ1) is 10.7. The summed E-state index contributed by atoms with van der Waals surface area (Å²) in [5, 5.41) is 0.795. The molecule has 0 atom stereocenters. The molecule has 1 aliphatic rings. The van der Waals surface area contributed by atoms with E-state index in [9.17, 15) is 0 Å². The van der Waals surface area contributed by atoms with Gasteiger partial charge in [0.2, 0.25) is 0 Å². The van der Waals surface area contributed by atoms with Crippen molar-refractivity contribution in [3.05, 3.63) is 40.9 Å². The van der Waals surface area contributed by atoms with Crippen LogP contribution in [0.25, 0.3) is 6.08 Å². The van der Waals surface area contributed by atoms with Crippen LogP contribution in [0.2, 0.25) is 5.02 Å². The maximum atomic E-state index is 5.91. The van der Waals surface area contributed by atoms with E-state index >= 15 is 0 Å². The molecule has 0 amide bonds. The first-order valence-electron chi connectivity index (χ1n) is 5.36. The lowest BCUT2D eigenvalue weighted by atomic mass is 9.99. The van der Waals surface area contributed by atoms with Gasteiger partial charge in [0.25, 0.3) is 0 Å². The average molecular weight is 223 g/mol. The van der Waals surface area contributed by atoms with Gasteiger partial charge in [0, 0.05) is 18.2 Å². The molecule has 0 radical (unpaired) electrons. The Bertz CT molecular complexity index is 340. The predicted molar refractivity (Wildman–Crippen MR) is 64.0 cm³/mol. The molecule has 1 aromatic carbocycles. The Morgan fingerprint density at radius 3 is 2.80 bits per heavy atom. The van der Waals surface area contributed by atoms with Gasteiger partial charge in [-0.2, -0.15) is 0 Å². The quantitative estimate of drug-likeness (QED) is 0.740. The van der Waals surface area contributed by atoms with Crippen LogP contribution in [-0.2, 0) is 4.74 Å². The van der Waals surface area contributed by atoms with Gasteiger partial charge in [0.1, 0.15) is 0 Å². The molecule has 1 fully saturated rings. The molecule has 0 spiro atoms. The normalized spacial score (nSPS) is 18.5. The smallest absolute Gasteiger partial charge is 0.0471 e. The Hall–Kier alpha value is -0.790. The van der Waals surface area contributed by atoms with E-state index in [1.165, 1.54) is 5.56 Å². The van der Waals surface area contributed by atoms with Crippen LogP contribution in [0, 0.1) is 5.92 Å². The van der Waals surface area contributed by atoms with Crippen molar-refractivity contribution in [1.29, 1.82) is 0 Å². The molecule has 1 nitrogen and oxygen atoms in total. The SMILES string of the molecule is Clc1cccc(/C=C/C2CCOCC2)c1. The molecule has 2 heteroatoms. The summed E-state index contributed by atoms with van der Waals surface area (Å²) in [6.45, 7) is 1.79. The zero-order valence-corrected chi connectivity index (χ0v) is 9.41. The maximum Gasteiger partial charge on any atom is 0.0471 e. The number of ether oxygens (including phenoxy) is 1. The Morgan fingerprint density at radius 2 is 2.07 bits per heavy atom. The van der Waals surface area contributed by atoms with Gasteiger partial charge >= 0.3 is 0 Å². The van der Waals surface area contributed by atoms with Gasteiger partial charge < -0.3 is 4.74 Å². The van der Waals surface area contributed by atoms with E-state index < -0.39 is 0 Å². The van der Waals surface area contributed by atoms with Gasteiger partial charge in [-0.25, -0.2) is 0 Å². The molecule has 1 aromatic rings. The third kappa shape index (κ3) is 3.37. The molecule has 1 heterocycles. The molecule has 2 rings (SSSR count). The summed E-state index contributed by atoms with van der Waals surface area (Å²) in [5.74, 6) is 0.665. The van der Waals surface area contributed by atoms with Crippen LogP contribution in [0.1, 0.15) is 18.4 Å². The third-order valence-electron chi connectivity index (χ3n) is 2.68. The standard InChI is InChI=1S/C13H15ClO/c14-13-3-1-2-12(10-13)5-4-11-6-8-15-9-7-11/h1-5,10-11H,6-9H2/b5-4+. The highest BCUT2D eigenvalue weighted by molar-refractivity contribution is 6.30. The van der Waals surface area contributed by atoms with Crippen molar-refractivity contribution in [2.24, 2.45) is 5.92 Å². The van der Waals surface area contributed by atoms with Crippen LogP contribution in [0.4, 0.5) is 0 Å². The lowest BCUT2D eigenvalue weighted by Gasteiger charge is -2.18. The summed E-state index contributed by atoms with van der Waals surface area (Å²) in [7, 11) is 0. The number of benzene rings is 1. The van der Waals surface area contributed by atoms with Crippen LogP contribution in [0.15, 0.2) is 30.3 Å². The molecule has 15 heavy (non-hydrogen) atoms. The third-order valence-corrected chi connectivity index (χ3v) is 2.91. The Morgan fingerprint density at radius 1 is 1.27 bits per heavy atom. The molecule has 0 N–H and O–H groups in total. The minimum Gasteiger partial charge on any atom is -0.381 e. The van der Waals surface area contributed by atoms with E-state index in [1.807, 2.05) is 18.2 Å². The van der Waals surface area contributed by atoms with Crippen molar-refractivity contribution in [1.82, 2.24) is 0 Å². The number of halogens is 1. The first-order valence-corrected chi connectivity index (χ1v) is 5.74. The molecule has 0 saturated carbocycles. The van der Waals surface area contributed by atoms with E-state index in [2.05, 4.69) is 18.2 Å². The van der Waals surface area contributed by atoms with Gasteiger partial charge in [0.05, 0.1) is 0 Å². The molecule has 1 saturated heterocycles. The van der Waals surface area contributed by atoms with E-state index in [1.54, 1.807) is 0 Å². The summed E-state index contributed by atoms with van der Waals surface area (Å²) >= 11 is 5.91. The van der Waals surface area contributed by atoms with Crippen molar-refractivity contribution in [3.63, 3.8) is 0 Å². The fraction of sp³-hybridized carbons (Fsp3) is 0.385. The molecular formula is C13H15ClO. The van der Waals surface area contributed by atoms with Crippen LogP contribution < -0.4 is 0 Å². The Labute approximate surface area is 95.7 Å². The second kappa shape index (κ2) is 5.34. The molecule has 0 unspecified atom stereocenters. The summed E-state index contributed by atoms with van der Waals surface area (Å²) in [5.41, 5.74) is 1.17. The zero-order chi connectivity index (χ0) is 10.5. The van der Waals surface area contributed by atoms with Gasteiger partial charge in [-0.15, -0.1) is 0 Å². The predicted octanol–water partition coefficient (Wildman–Crippen LogP) is 3.78. The minimum atomic E-state index is 0.665. The molecule has 1 aliphatic heterocycles. The number of allylic oxidation sites excluding steroid dienone is 1. The highest BCUT2D eigenvalue weighted by atomic mass is 35.5. The topological polar surface area (TPSA) is 9.23 Å². The minimum absolute atomic E-state index is 0.665. The zero-order valence-electron chi connectivity index (χ0n) is 8.66. The Kier molecular flexibility index (Phi) is 3.81. The van der Waals surface area contributed by atoms with Crippen molar-refractivity contribution < 1.29 is 4.74 Å². The lowest BCUT2D eigenvalue weighted by molar-refractivity contribution is 0.0787. The number of hydrogen-bond donors (Lipinski definition) is 0. The van der Waals surface area contributed by atoms with Crippen LogP contribution in [0.3, 0.4) is 0 Å². The molecule has 0 aliphatic carbocycles. The van der Waals surface area contributed by atoms with Gasteiger partial charge in [-0.1, -0.05) is 35.9 Å². The van der Waals surface area contributed by atoms with Gasteiger partial charge in [-0.05, 0) is 36.5 Å². The summed E-state index contributed by atoms with van der Waals surface area (Å²) in [6, 6.07) is 7.93. The molecule has 80 valence electrons. The highest BCUT2D eigenvalue weighted by Gasteiger charge is 2.09. The largest absolute Gasteiger partial charge is 0.381 e. The average Bonchev–Trinajstić information content (AvgIpc) is 2.28. The fourth-order valence-electron chi connectivity index (χ4n) is 1.77.